The molecule has 0 aliphatic carbocycles. The van der Waals surface area contributed by atoms with Gasteiger partial charge in [-0.25, -0.2) is 0 Å². The predicted molar refractivity (Wildman–Crippen MR) is 90.0 cm³/mol. The molecular weight excluding hydrogens is 292 g/mol. The van der Waals surface area contributed by atoms with Crippen molar-refractivity contribution in [3.63, 3.8) is 0 Å². The lowest BCUT2D eigenvalue weighted by Gasteiger charge is -2.14. The van der Waals surface area contributed by atoms with Gasteiger partial charge >= 0.3 is 0 Å². The Kier molecular flexibility index (Phi) is 3.64. The fraction of sp³-hybridized carbons (Fsp3) is 0.294. The van der Waals surface area contributed by atoms with E-state index in [1.54, 1.807) is 11.3 Å². The lowest BCUT2D eigenvalue weighted by Crippen LogP contribution is -2.11. The maximum Gasteiger partial charge on any atom is 0.163 e. The van der Waals surface area contributed by atoms with Crippen molar-refractivity contribution in [1.82, 2.24) is 14.8 Å². The number of anilines is 1. The van der Waals surface area contributed by atoms with Gasteiger partial charge in [-0.3, -0.25) is 0 Å². The highest BCUT2D eigenvalue weighted by molar-refractivity contribution is 7.07. The second kappa shape index (κ2) is 5.93. The molecule has 0 amide bonds. The minimum absolute atomic E-state index is 0.864. The summed E-state index contributed by atoms with van der Waals surface area (Å²) in [4.78, 5) is 0. The van der Waals surface area contributed by atoms with Crippen molar-refractivity contribution in [2.24, 2.45) is 0 Å². The second-order valence-electron chi connectivity index (χ2n) is 5.61. The van der Waals surface area contributed by atoms with Crippen LogP contribution in [0.15, 0.2) is 41.1 Å². The van der Waals surface area contributed by atoms with Crippen LogP contribution < -0.4 is 5.32 Å². The first kappa shape index (κ1) is 13.5. The van der Waals surface area contributed by atoms with Gasteiger partial charge in [0.25, 0.3) is 0 Å². The highest BCUT2D eigenvalue weighted by atomic mass is 32.1. The molecule has 4 rings (SSSR count). The van der Waals surface area contributed by atoms with Crippen LogP contribution in [-0.4, -0.2) is 14.8 Å². The number of thiophene rings is 1. The number of fused-ring (bicyclic) bond motifs is 1. The lowest BCUT2D eigenvalue weighted by atomic mass is 10.1. The first-order chi connectivity index (χ1) is 10.9. The molecule has 0 saturated carbocycles. The Hall–Kier alpha value is -2.14. The van der Waals surface area contributed by atoms with E-state index in [9.17, 15) is 0 Å². The van der Waals surface area contributed by atoms with E-state index in [1.807, 2.05) is 0 Å². The fourth-order valence-corrected chi connectivity index (χ4v) is 3.52. The molecule has 0 unspecified atom stereocenters. The van der Waals surface area contributed by atoms with Crippen LogP contribution in [0.1, 0.15) is 24.2 Å². The van der Waals surface area contributed by atoms with E-state index < -0.39 is 0 Å². The number of aryl methyl sites for hydroxylation is 1. The second-order valence-corrected chi connectivity index (χ2v) is 6.39. The van der Waals surface area contributed by atoms with Gasteiger partial charge in [0.2, 0.25) is 0 Å². The number of hydrogen-bond acceptors (Lipinski definition) is 4. The number of nitrogens with one attached hydrogen (secondary N) is 1. The lowest BCUT2D eigenvalue weighted by molar-refractivity contribution is 0.526. The van der Waals surface area contributed by atoms with Gasteiger partial charge in [-0.05, 0) is 59.5 Å². The Balaban J connectivity index is 1.51. The number of benzene rings is 1. The largest absolute Gasteiger partial charge is 0.381 e. The summed E-state index contributed by atoms with van der Waals surface area (Å²) in [7, 11) is 0. The number of rotatable bonds is 4. The molecule has 3 heterocycles. The topological polar surface area (TPSA) is 42.7 Å². The summed E-state index contributed by atoms with van der Waals surface area (Å²) in [6.45, 7) is 1.90. The number of aromatic nitrogens is 3. The van der Waals surface area contributed by atoms with Crippen molar-refractivity contribution < 1.29 is 0 Å². The van der Waals surface area contributed by atoms with Gasteiger partial charge in [-0.2, -0.15) is 11.3 Å². The molecule has 3 aromatic rings. The van der Waals surface area contributed by atoms with E-state index in [-0.39, 0.29) is 0 Å². The number of nitrogens with zero attached hydrogens (tertiary/aromatic N) is 3. The molecule has 1 aromatic carbocycles. The van der Waals surface area contributed by atoms with Crippen LogP contribution in [0.2, 0.25) is 0 Å². The van der Waals surface area contributed by atoms with E-state index in [2.05, 4.69) is 61.2 Å². The van der Waals surface area contributed by atoms with Crippen LogP contribution in [0.5, 0.6) is 0 Å². The maximum atomic E-state index is 4.38. The molecule has 2 aromatic heterocycles. The van der Waals surface area contributed by atoms with E-state index in [0.29, 0.717) is 0 Å². The average Bonchev–Trinajstić information content (AvgIpc) is 3.23. The zero-order chi connectivity index (χ0) is 14.8. The van der Waals surface area contributed by atoms with E-state index in [0.717, 1.165) is 42.4 Å². The van der Waals surface area contributed by atoms with Gasteiger partial charge in [0.05, 0.1) is 0 Å². The monoisotopic (exact) mass is 310 g/mol. The molecule has 1 aliphatic heterocycles. The Labute approximate surface area is 133 Å². The number of hydrogen-bond donors (Lipinski definition) is 1. The summed E-state index contributed by atoms with van der Waals surface area (Å²) in [5.41, 5.74) is 3.59. The summed E-state index contributed by atoms with van der Waals surface area (Å²) in [5.74, 6) is 2.12. The quantitative estimate of drug-likeness (QED) is 0.793. The summed E-state index contributed by atoms with van der Waals surface area (Å²) >= 11 is 1.73. The Morgan fingerprint density at radius 3 is 2.82 bits per heavy atom. The van der Waals surface area contributed by atoms with Crippen molar-refractivity contribution in [3.05, 3.63) is 52.5 Å². The van der Waals surface area contributed by atoms with Gasteiger partial charge in [-0.1, -0.05) is 0 Å². The molecule has 5 heteroatoms. The molecule has 1 N–H and O–H groups in total. The molecule has 0 atom stereocenters. The first-order valence-corrected chi connectivity index (χ1v) is 8.62. The third kappa shape index (κ3) is 2.64. The van der Waals surface area contributed by atoms with Crippen LogP contribution in [0.25, 0.3) is 11.4 Å². The molecular formula is C17H18N4S. The van der Waals surface area contributed by atoms with E-state index in [4.69, 9.17) is 0 Å². The molecule has 112 valence electrons. The zero-order valence-electron chi connectivity index (χ0n) is 12.3. The summed E-state index contributed by atoms with van der Waals surface area (Å²) < 4.78 is 2.26. The minimum atomic E-state index is 0.864. The van der Waals surface area contributed by atoms with Crippen molar-refractivity contribution in [2.75, 3.05) is 5.32 Å². The van der Waals surface area contributed by atoms with Crippen molar-refractivity contribution in [1.29, 1.82) is 0 Å². The smallest absolute Gasteiger partial charge is 0.163 e. The molecule has 4 nitrogen and oxygen atoms in total. The van der Waals surface area contributed by atoms with Gasteiger partial charge in [0, 0.05) is 30.8 Å². The standard InChI is InChI=1S/C17H18N4S/c1-2-9-21-16(3-1)19-20-17(21)14-4-6-15(7-5-14)18-11-13-8-10-22-12-13/h4-8,10,12,18H,1-3,9,11H2. The van der Waals surface area contributed by atoms with Gasteiger partial charge in [0.1, 0.15) is 5.82 Å². The normalized spacial score (nSPS) is 13.8. The average molecular weight is 310 g/mol. The summed E-state index contributed by atoms with van der Waals surface area (Å²) in [6.07, 6.45) is 3.50. The van der Waals surface area contributed by atoms with Crippen molar-refractivity contribution in [2.45, 2.75) is 32.4 Å². The van der Waals surface area contributed by atoms with Gasteiger partial charge in [-0.15, -0.1) is 10.2 Å². The molecule has 0 saturated heterocycles. The minimum Gasteiger partial charge on any atom is -0.381 e. The maximum absolute atomic E-state index is 4.38. The summed E-state index contributed by atoms with van der Waals surface area (Å²) in [6, 6.07) is 10.6. The summed E-state index contributed by atoms with van der Waals surface area (Å²) in [5, 5.41) is 16.4. The van der Waals surface area contributed by atoms with Crippen LogP contribution in [0.4, 0.5) is 5.69 Å². The van der Waals surface area contributed by atoms with Gasteiger partial charge < -0.3 is 9.88 Å². The zero-order valence-corrected chi connectivity index (χ0v) is 13.1. The molecule has 0 fully saturated rings. The molecule has 0 radical (unpaired) electrons. The van der Waals surface area contributed by atoms with E-state index >= 15 is 0 Å². The molecule has 1 aliphatic rings. The van der Waals surface area contributed by atoms with Crippen LogP contribution in [0, 0.1) is 0 Å². The molecule has 0 spiro atoms. The Bertz CT molecular complexity index is 744. The third-order valence-corrected chi connectivity index (χ3v) is 4.81. The Morgan fingerprint density at radius 1 is 1.09 bits per heavy atom. The van der Waals surface area contributed by atoms with Crippen molar-refractivity contribution >= 4 is 17.0 Å². The van der Waals surface area contributed by atoms with Crippen LogP contribution >= 0.6 is 11.3 Å². The fourth-order valence-electron chi connectivity index (χ4n) is 2.86. The molecule has 0 bridgehead atoms. The van der Waals surface area contributed by atoms with Gasteiger partial charge in [0.15, 0.2) is 5.82 Å². The van der Waals surface area contributed by atoms with E-state index in [1.165, 1.54) is 18.4 Å². The Morgan fingerprint density at radius 2 is 2.00 bits per heavy atom. The first-order valence-electron chi connectivity index (χ1n) is 7.67. The predicted octanol–water partition coefficient (Wildman–Crippen LogP) is 3.96. The highest BCUT2D eigenvalue weighted by Gasteiger charge is 2.16. The van der Waals surface area contributed by atoms with Crippen LogP contribution in [-0.2, 0) is 19.5 Å². The third-order valence-electron chi connectivity index (χ3n) is 4.08. The SMILES string of the molecule is c1cc(CNc2ccc(-c3nnc4n3CCCC4)cc2)cs1. The molecule has 22 heavy (non-hydrogen) atoms. The highest BCUT2D eigenvalue weighted by Crippen LogP contribution is 2.24. The van der Waals surface area contributed by atoms with Crippen molar-refractivity contribution in [3.8, 4) is 11.4 Å². The van der Waals surface area contributed by atoms with Crippen LogP contribution in [0.3, 0.4) is 0 Å².